The predicted octanol–water partition coefficient (Wildman–Crippen LogP) is 4.77. The first-order valence-corrected chi connectivity index (χ1v) is 15.8. The zero-order valence-electron chi connectivity index (χ0n) is 27.0. The summed E-state index contributed by atoms with van der Waals surface area (Å²) in [5, 5.41) is 24.3. The highest BCUT2D eigenvalue weighted by Crippen LogP contribution is 2.35. The van der Waals surface area contributed by atoms with Crippen LogP contribution in [0.4, 0.5) is 5.69 Å². The number of rotatable bonds is 8. The molecule has 0 amide bonds. The Hall–Kier alpha value is -4.25. The van der Waals surface area contributed by atoms with Gasteiger partial charge in [0.05, 0.1) is 30.1 Å². The van der Waals surface area contributed by atoms with E-state index in [1.165, 1.54) is 10.1 Å². The van der Waals surface area contributed by atoms with Gasteiger partial charge in [0.1, 0.15) is 34.5 Å². The van der Waals surface area contributed by atoms with Gasteiger partial charge in [0.25, 0.3) is 5.56 Å². The largest absolute Gasteiger partial charge is 0.390 e. The Morgan fingerprint density at radius 3 is 2.51 bits per heavy atom. The average Bonchev–Trinajstić information content (AvgIpc) is 3.05. The summed E-state index contributed by atoms with van der Waals surface area (Å²) in [6, 6.07) is 16.3. The number of pyridine rings is 2. The second kappa shape index (κ2) is 13.8. The number of oxime groups is 1. The molecule has 0 bridgehead atoms. The van der Waals surface area contributed by atoms with Crippen molar-refractivity contribution in [1.29, 1.82) is 10.5 Å². The van der Waals surface area contributed by atoms with Crippen LogP contribution in [0.25, 0.3) is 11.0 Å². The molecule has 10 heteroatoms. The van der Waals surface area contributed by atoms with Crippen molar-refractivity contribution < 1.29 is 9.57 Å². The molecule has 0 unspecified atom stereocenters. The van der Waals surface area contributed by atoms with Crippen molar-refractivity contribution in [2.45, 2.75) is 64.5 Å². The molecule has 3 aromatic rings. The van der Waals surface area contributed by atoms with E-state index in [1.54, 1.807) is 19.2 Å². The molecule has 1 aliphatic carbocycles. The van der Waals surface area contributed by atoms with Crippen LogP contribution in [0, 0.1) is 28.6 Å². The zero-order chi connectivity index (χ0) is 32.1. The summed E-state index contributed by atoms with van der Waals surface area (Å²) in [6.07, 6.45) is 4.39. The number of aromatic nitrogens is 2. The quantitative estimate of drug-likeness (QED) is 0.265. The molecule has 0 N–H and O–H groups in total. The summed E-state index contributed by atoms with van der Waals surface area (Å²) in [5.74, 6) is 0.200. The molecule has 5 rings (SSSR count). The molecular weight excluding hydrogens is 566 g/mol. The molecule has 1 saturated heterocycles. The van der Waals surface area contributed by atoms with Crippen LogP contribution in [0.1, 0.15) is 68.8 Å². The Morgan fingerprint density at radius 1 is 1.11 bits per heavy atom. The first-order chi connectivity index (χ1) is 21.6. The molecule has 0 atom stereocenters. The third kappa shape index (κ3) is 7.36. The summed E-state index contributed by atoms with van der Waals surface area (Å²) in [7, 11) is 3.56. The SMILES string of the molecule is Cn1c(=O)c(C#N)c(N(C)[C@H]2CC[C@H](/C(=N\OC(C)(C)C)c3cccc(CCN4CCOCC4)c3)CC2)c2nc(C#N)ccc21. The molecule has 2 fully saturated rings. The summed E-state index contributed by atoms with van der Waals surface area (Å²) < 4.78 is 6.94. The number of fused-ring (bicyclic) bond motifs is 1. The third-order valence-electron chi connectivity index (χ3n) is 8.89. The first kappa shape index (κ1) is 32.2. The summed E-state index contributed by atoms with van der Waals surface area (Å²) in [4.78, 5) is 28.2. The van der Waals surface area contributed by atoms with Crippen molar-refractivity contribution in [3.05, 3.63) is 69.1 Å². The Kier molecular flexibility index (Phi) is 9.86. The van der Waals surface area contributed by atoms with E-state index in [-0.39, 0.29) is 28.8 Å². The van der Waals surface area contributed by atoms with Gasteiger partial charge in [0.2, 0.25) is 0 Å². The van der Waals surface area contributed by atoms with E-state index in [0.29, 0.717) is 16.7 Å². The van der Waals surface area contributed by atoms with Gasteiger partial charge in [-0.25, -0.2) is 4.98 Å². The Labute approximate surface area is 265 Å². The van der Waals surface area contributed by atoms with E-state index in [1.807, 2.05) is 32.7 Å². The van der Waals surface area contributed by atoms with Crippen molar-refractivity contribution in [1.82, 2.24) is 14.5 Å². The Morgan fingerprint density at radius 2 is 1.84 bits per heavy atom. The smallest absolute Gasteiger partial charge is 0.270 e. The fourth-order valence-electron chi connectivity index (χ4n) is 6.37. The number of hydrogen-bond acceptors (Lipinski definition) is 9. The van der Waals surface area contributed by atoms with E-state index in [9.17, 15) is 15.3 Å². The molecule has 1 aromatic carbocycles. The molecule has 10 nitrogen and oxygen atoms in total. The average molecular weight is 610 g/mol. The molecule has 1 aliphatic heterocycles. The van der Waals surface area contributed by atoms with E-state index in [0.717, 1.165) is 76.2 Å². The van der Waals surface area contributed by atoms with Crippen molar-refractivity contribution in [3.63, 3.8) is 0 Å². The van der Waals surface area contributed by atoms with Gasteiger partial charge in [-0.3, -0.25) is 9.69 Å². The predicted molar refractivity (Wildman–Crippen MR) is 175 cm³/mol. The minimum Gasteiger partial charge on any atom is -0.390 e. The molecule has 3 heterocycles. The maximum absolute atomic E-state index is 13.2. The third-order valence-corrected chi connectivity index (χ3v) is 8.89. The number of anilines is 1. The molecule has 2 aliphatic rings. The highest BCUT2D eigenvalue weighted by molar-refractivity contribution is 6.02. The number of morpholine rings is 1. The monoisotopic (exact) mass is 609 g/mol. The van der Waals surface area contributed by atoms with Gasteiger partial charge in [0.15, 0.2) is 0 Å². The Bertz CT molecular complexity index is 1700. The fraction of sp³-hybridized carbons (Fsp3) is 0.514. The number of benzene rings is 1. The van der Waals surface area contributed by atoms with Gasteiger partial charge < -0.3 is 19.0 Å². The van der Waals surface area contributed by atoms with E-state index >= 15 is 0 Å². The van der Waals surface area contributed by atoms with Crippen LogP contribution in [0.5, 0.6) is 0 Å². The number of nitriles is 2. The second-order valence-electron chi connectivity index (χ2n) is 13.1. The lowest BCUT2D eigenvalue weighted by atomic mass is 9.80. The molecular formula is C35H43N7O3. The van der Waals surface area contributed by atoms with E-state index in [4.69, 9.17) is 14.7 Å². The molecule has 0 spiro atoms. The topological polar surface area (TPSA) is 120 Å². The van der Waals surface area contributed by atoms with Gasteiger partial charge >= 0.3 is 0 Å². The van der Waals surface area contributed by atoms with Crippen LogP contribution in [0.15, 0.2) is 46.3 Å². The lowest BCUT2D eigenvalue weighted by molar-refractivity contribution is -0.0000307. The van der Waals surface area contributed by atoms with Crippen LogP contribution < -0.4 is 10.5 Å². The number of aryl methyl sites for hydroxylation is 1. The molecule has 45 heavy (non-hydrogen) atoms. The van der Waals surface area contributed by atoms with E-state index in [2.05, 4.69) is 46.3 Å². The maximum atomic E-state index is 13.2. The number of ether oxygens (including phenoxy) is 1. The lowest BCUT2D eigenvalue weighted by Gasteiger charge is -2.37. The van der Waals surface area contributed by atoms with Gasteiger partial charge in [-0.1, -0.05) is 23.4 Å². The van der Waals surface area contributed by atoms with Crippen LogP contribution in [0.2, 0.25) is 0 Å². The molecule has 0 radical (unpaired) electrons. The van der Waals surface area contributed by atoms with E-state index < -0.39 is 5.60 Å². The van der Waals surface area contributed by atoms with Gasteiger partial charge in [-0.2, -0.15) is 10.5 Å². The zero-order valence-corrected chi connectivity index (χ0v) is 27.0. The van der Waals surface area contributed by atoms with Crippen LogP contribution in [-0.4, -0.2) is 71.7 Å². The highest BCUT2D eigenvalue weighted by atomic mass is 16.6. The van der Waals surface area contributed by atoms with Crippen LogP contribution >= 0.6 is 0 Å². The standard InChI is InChI=1S/C35H43N7O3/c1-35(2,3)45-39-31(26-8-6-7-24(21-26)15-16-42-17-19-44-20-18-42)25-9-12-28(13-10-25)40(4)33-29(23-37)34(43)41(5)30-14-11-27(22-36)38-32(30)33/h6-8,11,14,21,25,28H,9-10,12-13,15-20H2,1-5H3/b39-31+/t25-,28-. The Balaban J connectivity index is 1.38. The minimum atomic E-state index is -0.417. The minimum absolute atomic E-state index is 0.0481. The van der Waals surface area contributed by atoms with Crippen LogP contribution in [-0.2, 0) is 23.0 Å². The van der Waals surface area contributed by atoms with Crippen molar-refractivity contribution >= 4 is 22.4 Å². The number of hydrogen-bond donors (Lipinski definition) is 0. The normalized spacial score (nSPS) is 19.6. The van der Waals surface area contributed by atoms with Gasteiger partial charge in [-0.05, 0) is 82.2 Å². The summed E-state index contributed by atoms with van der Waals surface area (Å²) in [6.45, 7) is 10.6. The van der Waals surface area contributed by atoms with Gasteiger partial charge in [0, 0.05) is 45.7 Å². The van der Waals surface area contributed by atoms with Crippen molar-refractivity contribution in [2.75, 3.05) is 44.8 Å². The summed E-state index contributed by atoms with van der Waals surface area (Å²) in [5.41, 5.74) is 4.43. The molecule has 1 saturated carbocycles. The van der Waals surface area contributed by atoms with Gasteiger partial charge in [-0.15, -0.1) is 0 Å². The number of nitrogens with zero attached hydrogens (tertiary/aromatic N) is 7. The molecule has 2 aromatic heterocycles. The lowest BCUT2D eigenvalue weighted by Crippen LogP contribution is -2.39. The van der Waals surface area contributed by atoms with Crippen molar-refractivity contribution in [3.8, 4) is 12.1 Å². The van der Waals surface area contributed by atoms with Crippen LogP contribution in [0.3, 0.4) is 0 Å². The second-order valence-corrected chi connectivity index (χ2v) is 13.1. The summed E-state index contributed by atoms with van der Waals surface area (Å²) >= 11 is 0. The first-order valence-electron chi connectivity index (χ1n) is 15.8. The fourth-order valence-corrected chi connectivity index (χ4v) is 6.37. The van der Waals surface area contributed by atoms with Crippen molar-refractivity contribution in [2.24, 2.45) is 18.1 Å². The molecule has 236 valence electrons. The maximum Gasteiger partial charge on any atom is 0.270 e. The highest BCUT2D eigenvalue weighted by Gasteiger charge is 2.31.